The van der Waals surface area contributed by atoms with Crippen molar-refractivity contribution in [2.75, 3.05) is 0 Å². The van der Waals surface area contributed by atoms with E-state index in [0.29, 0.717) is 29.2 Å². The first kappa shape index (κ1) is 44.8. The zero-order chi connectivity index (χ0) is 44.2. The maximum Gasteiger partial charge on any atom is 2.00 e. The fourth-order valence-corrected chi connectivity index (χ4v) is 8.89. The third-order valence-corrected chi connectivity index (χ3v) is 12.4. The molecule has 0 fully saturated rings. The van der Waals surface area contributed by atoms with E-state index in [1.165, 1.54) is 27.8 Å². The van der Waals surface area contributed by atoms with Crippen molar-refractivity contribution in [3.05, 3.63) is 191 Å². The smallest absolute Gasteiger partial charge is 0.510 e. The van der Waals surface area contributed by atoms with Gasteiger partial charge in [-0.3, -0.25) is 4.99 Å². The molecule has 0 aliphatic carbocycles. The van der Waals surface area contributed by atoms with Gasteiger partial charge in [-0.1, -0.05) is 189 Å². The van der Waals surface area contributed by atoms with Gasteiger partial charge in [0.1, 0.15) is 23.9 Å². The van der Waals surface area contributed by atoms with Gasteiger partial charge in [-0.15, -0.1) is 23.6 Å². The van der Waals surface area contributed by atoms with E-state index in [1.54, 1.807) is 0 Å². The zero-order valence-electron chi connectivity index (χ0n) is 38.6. The molecule has 0 spiro atoms. The predicted molar refractivity (Wildman–Crippen MR) is 260 cm³/mol. The largest absolute Gasteiger partial charge is 2.00 e. The SMILES string of the molecule is CC(C)c1cccc(C(C)C)c1-c1cc(Oc2[c-]c3c(cc2)c2cc(C(C)(C)C)ccc2n3-c2cc(C(C)(C)C)ccn2)[c-]c(C2=N[C@@H](c3ccccc3)[C@@H](c3ccccc3)O2)c1.[Pt+2]. The summed E-state index contributed by atoms with van der Waals surface area (Å²) in [4.78, 5) is 10.3. The number of hydrogen-bond acceptors (Lipinski definition) is 4. The van der Waals surface area contributed by atoms with Crippen LogP contribution in [0.4, 0.5) is 0 Å². The molecule has 1 aliphatic heterocycles. The molecule has 1 aliphatic rings. The first-order chi connectivity index (χ1) is 30.1. The van der Waals surface area contributed by atoms with Crippen molar-refractivity contribution in [1.82, 2.24) is 9.55 Å². The van der Waals surface area contributed by atoms with Crippen molar-refractivity contribution >= 4 is 27.7 Å². The van der Waals surface area contributed by atoms with Gasteiger partial charge in [0.15, 0.2) is 0 Å². The molecule has 2 atom stereocenters. The molecule has 6 heteroatoms. The Kier molecular flexibility index (Phi) is 12.4. The van der Waals surface area contributed by atoms with Crippen molar-refractivity contribution in [1.29, 1.82) is 0 Å². The standard InChI is InChI=1S/C58H57N3O2.Pt/c1-36(2)46-22-17-23-47(37(3)4)53(46)40-30-41(56-60-54(38-18-13-11-14-19-38)55(63-56)39-20-15-12-16-21-39)32-45(31-40)62-44-25-26-48-49-33-42(57(5,6)7)24-27-50(49)61(51(48)35-44)52-34-43(28-29-59-52)58(8,9)10;/h11-31,33-34,36-37,54-55H,1-10H3;/q-2;+2/t54-,55+;/m0./s1. The molecule has 6 aromatic carbocycles. The normalized spacial score (nSPS) is 15.4. The number of hydrogen-bond donors (Lipinski definition) is 0. The number of nitrogens with zero attached hydrogens (tertiary/aromatic N) is 3. The summed E-state index contributed by atoms with van der Waals surface area (Å²) in [5.74, 6) is 3.11. The summed E-state index contributed by atoms with van der Waals surface area (Å²) >= 11 is 0. The Bertz CT molecular complexity index is 2960. The van der Waals surface area contributed by atoms with Crippen LogP contribution in [0.15, 0.2) is 145 Å². The quantitative estimate of drug-likeness (QED) is 0.135. The number of benzene rings is 6. The molecule has 326 valence electrons. The predicted octanol–water partition coefficient (Wildman–Crippen LogP) is 15.3. The number of fused-ring (bicyclic) bond motifs is 3. The maximum absolute atomic E-state index is 6.96. The summed E-state index contributed by atoms with van der Waals surface area (Å²) in [6.07, 6.45) is 1.61. The van der Waals surface area contributed by atoms with Gasteiger partial charge in [0.25, 0.3) is 0 Å². The average Bonchev–Trinajstić information content (AvgIpc) is 3.86. The molecule has 0 saturated heterocycles. The number of aromatic nitrogens is 2. The molecule has 0 saturated carbocycles. The van der Waals surface area contributed by atoms with E-state index in [2.05, 4.69) is 201 Å². The number of ether oxygens (including phenoxy) is 2. The van der Waals surface area contributed by atoms with E-state index in [-0.39, 0.29) is 44.0 Å². The van der Waals surface area contributed by atoms with E-state index < -0.39 is 0 Å². The van der Waals surface area contributed by atoms with Gasteiger partial charge >= 0.3 is 21.1 Å². The van der Waals surface area contributed by atoms with Gasteiger partial charge in [0.2, 0.25) is 0 Å². The van der Waals surface area contributed by atoms with Gasteiger partial charge in [-0.05, 0) is 85.2 Å². The molecule has 0 bridgehead atoms. The monoisotopic (exact) mass is 1020 g/mol. The van der Waals surface area contributed by atoms with Crippen LogP contribution in [0.3, 0.4) is 0 Å². The summed E-state index contributed by atoms with van der Waals surface area (Å²) in [6.45, 7) is 22.5. The second-order valence-corrected chi connectivity index (χ2v) is 19.7. The Labute approximate surface area is 393 Å². The second-order valence-electron chi connectivity index (χ2n) is 19.7. The summed E-state index contributed by atoms with van der Waals surface area (Å²) in [5, 5.41) is 2.24. The van der Waals surface area contributed by atoms with E-state index in [0.717, 1.165) is 49.9 Å². The van der Waals surface area contributed by atoms with Gasteiger partial charge < -0.3 is 14.0 Å². The maximum atomic E-state index is 6.96. The Balaban J connectivity index is 0.00000560. The molecule has 3 heterocycles. The molecule has 5 nitrogen and oxygen atoms in total. The van der Waals surface area contributed by atoms with Crippen LogP contribution < -0.4 is 4.74 Å². The molecule has 0 N–H and O–H groups in total. The Morgan fingerprint density at radius 1 is 0.625 bits per heavy atom. The third-order valence-electron chi connectivity index (χ3n) is 12.4. The van der Waals surface area contributed by atoms with E-state index in [9.17, 15) is 0 Å². The minimum atomic E-state index is -0.305. The van der Waals surface area contributed by atoms with Gasteiger partial charge in [-0.25, -0.2) is 4.98 Å². The average molecular weight is 1020 g/mol. The van der Waals surface area contributed by atoms with E-state index in [1.807, 2.05) is 24.4 Å². The van der Waals surface area contributed by atoms with Crippen molar-refractivity contribution in [3.8, 4) is 28.4 Å². The number of rotatable bonds is 9. The minimum Gasteiger partial charge on any atom is -0.510 e. The fourth-order valence-electron chi connectivity index (χ4n) is 8.89. The molecule has 9 rings (SSSR count). The molecule has 0 amide bonds. The van der Waals surface area contributed by atoms with Crippen molar-refractivity contribution in [3.63, 3.8) is 0 Å². The number of aliphatic imine (C=N–C) groups is 1. The first-order valence-electron chi connectivity index (χ1n) is 22.3. The molecule has 64 heavy (non-hydrogen) atoms. The van der Waals surface area contributed by atoms with Crippen LogP contribution >= 0.6 is 0 Å². The van der Waals surface area contributed by atoms with Crippen LogP contribution in [0.25, 0.3) is 38.8 Å². The third kappa shape index (κ3) is 8.72. The van der Waals surface area contributed by atoms with Gasteiger partial charge in [-0.2, -0.15) is 6.07 Å². The fraction of sp³-hybridized carbons (Fsp3) is 0.276. The van der Waals surface area contributed by atoms with Crippen molar-refractivity contribution in [2.45, 2.75) is 104 Å². The van der Waals surface area contributed by atoms with E-state index in [4.69, 9.17) is 19.5 Å². The van der Waals surface area contributed by atoms with Crippen molar-refractivity contribution < 1.29 is 30.5 Å². The van der Waals surface area contributed by atoms with Crippen LogP contribution in [0, 0.1) is 12.1 Å². The molecule has 0 radical (unpaired) electrons. The molecule has 0 unspecified atom stereocenters. The number of pyridine rings is 1. The van der Waals surface area contributed by atoms with Gasteiger partial charge in [0, 0.05) is 23.2 Å². The Hall–Kier alpha value is -5.77. The molecule has 2 aromatic heterocycles. The van der Waals surface area contributed by atoms with Crippen LogP contribution in [-0.2, 0) is 36.6 Å². The summed E-state index contributed by atoms with van der Waals surface area (Å²) < 4.78 is 16.1. The summed E-state index contributed by atoms with van der Waals surface area (Å²) in [7, 11) is 0. The molecule has 8 aromatic rings. The summed E-state index contributed by atoms with van der Waals surface area (Å²) in [5.41, 5.74) is 12.1. The van der Waals surface area contributed by atoms with Crippen LogP contribution in [0.2, 0.25) is 0 Å². The van der Waals surface area contributed by atoms with Gasteiger partial charge in [0.05, 0.1) is 0 Å². The molecular weight excluding hydrogens is 966 g/mol. The zero-order valence-corrected chi connectivity index (χ0v) is 40.8. The van der Waals surface area contributed by atoms with Crippen LogP contribution in [0.5, 0.6) is 11.5 Å². The minimum absolute atomic E-state index is 0. The second kappa shape index (κ2) is 17.7. The van der Waals surface area contributed by atoms with Crippen LogP contribution in [-0.4, -0.2) is 15.4 Å². The first-order valence-corrected chi connectivity index (χ1v) is 22.3. The Morgan fingerprint density at radius 3 is 1.91 bits per heavy atom. The topological polar surface area (TPSA) is 48.6 Å². The van der Waals surface area contributed by atoms with Crippen molar-refractivity contribution in [2.24, 2.45) is 4.99 Å². The molecular formula is C58H57N3O2Pt. The van der Waals surface area contributed by atoms with E-state index >= 15 is 0 Å². The van der Waals surface area contributed by atoms with Crippen LogP contribution in [0.1, 0.15) is 132 Å². The Morgan fingerprint density at radius 2 is 1.27 bits per heavy atom. The summed E-state index contributed by atoms with van der Waals surface area (Å²) in [6, 6.07) is 54.2.